The molecule has 0 fully saturated rings. The molecule has 0 amide bonds. The SMILES string of the molecule is Cc1nc2cc3[nH][nH]c(C=O)c3cc2n1. The first-order valence-corrected chi connectivity index (χ1v) is 4.57. The Balaban J connectivity index is 2.48. The molecule has 5 nitrogen and oxygen atoms in total. The van der Waals surface area contributed by atoms with Crippen molar-refractivity contribution in [3.63, 3.8) is 0 Å². The van der Waals surface area contributed by atoms with Crippen LogP contribution in [0.25, 0.3) is 21.9 Å². The van der Waals surface area contributed by atoms with Crippen LogP contribution in [0.3, 0.4) is 0 Å². The number of carbonyl (C=O) groups excluding carboxylic acids is 1. The highest BCUT2D eigenvalue weighted by Gasteiger charge is 2.07. The Morgan fingerprint density at radius 1 is 1.20 bits per heavy atom. The van der Waals surface area contributed by atoms with Crippen molar-refractivity contribution in [1.29, 1.82) is 0 Å². The van der Waals surface area contributed by atoms with Crippen molar-refractivity contribution < 1.29 is 4.79 Å². The summed E-state index contributed by atoms with van der Waals surface area (Å²) < 4.78 is 0. The zero-order chi connectivity index (χ0) is 10.4. The predicted molar refractivity (Wildman–Crippen MR) is 55.9 cm³/mol. The largest absolute Gasteiger partial charge is 0.300 e. The summed E-state index contributed by atoms with van der Waals surface area (Å²) in [5.41, 5.74) is 3.06. The quantitative estimate of drug-likeness (QED) is 0.585. The number of aryl methyl sites for hydroxylation is 1. The minimum Gasteiger partial charge on any atom is -0.300 e. The van der Waals surface area contributed by atoms with Crippen LogP contribution in [0.15, 0.2) is 12.1 Å². The van der Waals surface area contributed by atoms with Crippen molar-refractivity contribution in [2.75, 3.05) is 0 Å². The Morgan fingerprint density at radius 2 is 1.93 bits per heavy atom. The van der Waals surface area contributed by atoms with E-state index >= 15 is 0 Å². The Kier molecular flexibility index (Phi) is 1.45. The number of H-pyrrole nitrogens is 2. The molecule has 2 aromatic heterocycles. The van der Waals surface area contributed by atoms with Crippen molar-refractivity contribution >= 4 is 28.2 Å². The Bertz CT molecular complexity index is 664. The van der Waals surface area contributed by atoms with Crippen LogP contribution in [-0.4, -0.2) is 26.5 Å². The first kappa shape index (κ1) is 8.16. The van der Waals surface area contributed by atoms with Crippen molar-refractivity contribution in [3.8, 4) is 0 Å². The van der Waals surface area contributed by atoms with Gasteiger partial charge in [-0.05, 0) is 19.1 Å². The molecule has 0 aliphatic heterocycles. The van der Waals surface area contributed by atoms with Crippen LogP contribution in [0.2, 0.25) is 0 Å². The molecule has 2 N–H and O–H groups in total. The summed E-state index contributed by atoms with van der Waals surface area (Å²) in [4.78, 5) is 19.3. The fourth-order valence-electron chi connectivity index (χ4n) is 1.75. The number of aromatic nitrogens is 4. The number of benzene rings is 1. The molecule has 5 heteroatoms. The van der Waals surface area contributed by atoms with E-state index in [0.29, 0.717) is 5.69 Å². The van der Waals surface area contributed by atoms with Gasteiger partial charge >= 0.3 is 0 Å². The molecule has 0 atom stereocenters. The number of rotatable bonds is 1. The molecule has 0 unspecified atom stereocenters. The lowest BCUT2D eigenvalue weighted by Gasteiger charge is -1.89. The van der Waals surface area contributed by atoms with Crippen molar-refractivity contribution in [3.05, 3.63) is 23.7 Å². The van der Waals surface area contributed by atoms with Gasteiger partial charge in [0, 0.05) is 5.39 Å². The molecule has 3 aromatic rings. The highest BCUT2D eigenvalue weighted by molar-refractivity contribution is 6.01. The van der Waals surface area contributed by atoms with E-state index in [1.807, 2.05) is 19.1 Å². The second kappa shape index (κ2) is 2.66. The second-order valence-electron chi connectivity index (χ2n) is 3.44. The van der Waals surface area contributed by atoms with Gasteiger partial charge in [0.15, 0.2) is 6.29 Å². The third-order valence-electron chi connectivity index (χ3n) is 2.42. The normalized spacial score (nSPS) is 11.3. The number of hydrogen-bond acceptors (Lipinski definition) is 3. The van der Waals surface area contributed by atoms with Crippen LogP contribution in [0.5, 0.6) is 0 Å². The summed E-state index contributed by atoms with van der Waals surface area (Å²) in [6.45, 7) is 1.85. The average molecular weight is 200 g/mol. The topological polar surface area (TPSA) is 74.4 Å². The summed E-state index contributed by atoms with van der Waals surface area (Å²) in [5.74, 6) is 0.745. The first-order chi connectivity index (χ1) is 7.28. The van der Waals surface area contributed by atoms with E-state index in [1.54, 1.807) is 0 Å². The van der Waals surface area contributed by atoms with E-state index in [0.717, 1.165) is 34.0 Å². The number of hydrogen-bond donors (Lipinski definition) is 2. The van der Waals surface area contributed by atoms with Crippen LogP contribution in [-0.2, 0) is 0 Å². The summed E-state index contributed by atoms with van der Waals surface area (Å²) in [5, 5.41) is 6.56. The van der Waals surface area contributed by atoms with Gasteiger partial charge in [-0.15, -0.1) is 0 Å². The molecule has 0 radical (unpaired) electrons. The van der Waals surface area contributed by atoms with Gasteiger partial charge in [0.1, 0.15) is 11.5 Å². The van der Waals surface area contributed by atoms with E-state index in [4.69, 9.17) is 0 Å². The van der Waals surface area contributed by atoms with Crippen molar-refractivity contribution in [1.82, 2.24) is 20.2 Å². The monoisotopic (exact) mass is 200 g/mol. The maximum Gasteiger partial charge on any atom is 0.168 e. The summed E-state index contributed by atoms with van der Waals surface area (Å²) in [6.07, 6.45) is 0.786. The Morgan fingerprint density at radius 3 is 2.67 bits per heavy atom. The van der Waals surface area contributed by atoms with Crippen LogP contribution < -0.4 is 0 Å². The zero-order valence-corrected chi connectivity index (χ0v) is 8.03. The van der Waals surface area contributed by atoms with Crippen LogP contribution in [0.1, 0.15) is 16.3 Å². The minimum absolute atomic E-state index is 0.535. The predicted octanol–water partition coefficient (Wildman–Crippen LogP) is 1.56. The van der Waals surface area contributed by atoms with Crippen molar-refractivity contribution in [2.24, 2.45) is 0 Å². The molecule has 3 rings (SSSR count). The molecule has 0 spiro atoms. The minimum atomic E-state index is 0.535. The molecule has 0 aliphatic rings. The van der Waals surface area contributed by atoms with Crippen LogP contribution in [0.4, 0.5) is 0 Å². The summed E-state index contributed by atoms with van der Waals surface area (Å²) in [6, 6.07) is 3.75. The van der Waals surface area contributed by atoms with E-state index in [-0.39, 0.29) is 0 Å². The van der Waals surface area contributed by atoms with Gasteiger partial charge in [0.2, 0.25) is 0 Å². The number of aromatic amines is 2. The molecule has 74 valence electrons. The fraction of sp³-hybridized carbons (Fsp3) is 0.100. The molecule has 15 heavy (non-hydrogen) atoms. The lowest BCUT2D eigenvalue weighted by atomic mass is 10.2. The Hall–Kier alpha value is -2.17. The smallest absolute Gasteiger partial charge is 0.168 e. The maximum absolute atomic E-state index is 10.7. The van der Waals surface area contributed by atoms with E-state index < -0.39 is 0 Å². The second-order valence-corrected chi connectivity index (χ2v) is 3.44. The number of nitrogens with one attached hydrogen (secondary N) is 2. The van der Waals surface area contributed by atoms with E-state index in [2.05, 4.69) is 20.2 Å². The molecule has 0 bridgehead atoms. The first-order valence-electron chi connectivity index (χ1n) is 4.57. The van der Waals surface area contributed by atoms with Crippen molar-refractivity contribution in [2.45, 2.75) is 6.92 Å². The zero-order valence-electron chi connectivity index (χ0n) is 8.03. The maximum atomic E-state index is 10.7. The molecular formula is C10H8N4O. The van der Waals surface area contributed by atoms with Gasteiger partial charge in [-0.3, -0.25) is 9.89 Å². The van der Waals surface area contributed by atoms with Gasteiger partial charge in [-0.2, -0.15) is 0 Å². The number of aldehydes is 1. The number of nitrogens with zero attached hydrogens (tertiary/aromatic N) is 2. The molecule has 2 heterocycles. The lowest BCUT2D eigenvalue weighted by molar-refractivity contribution is 0.112. The summed E-state index contributed by atoms with van der Waals surface area (Å²) >= 11 is 0. The fourth-order valence-corrected chi connectivity index (χ4v) is 1.75. The summed E-state index contributed by atoms with van der Waals surface area (Å²) in [7, 11) is 0. The number of fused-ring (bicyclic) bond motifs is 2. The standard InChI is InChI=1S/C10H8N4O/c1-5-11-8-2-6-7(3-9(8)12-5)13-14-10(6)4-15/h2-4,13-14H,1H3. The number of imidazole rings is 1. The highest BCUT2D eigenvalue weighted by Crippen LogP contribution is 2.21. The van der Waals surface area contributed by atoms with E-state index in [1.165, 1.54) is 0 Å². The Labute approximate surface area is 84.5 Å². The lowest BCUT2D eigenvalue weighted by Crippen LogP contribution is -1.78. The molecule has 0 saturated carbocycles. The highest BCUT2D eigenvalue weighted by atomic mass is 16.1. The van der Waals surface area contributed by atoms with Gasteiger partial charge in [-0.25, -0.2) is 9.97 Å². The third-order valence-corrected chi connectivity index (χ3v) is 2.42. The van der Waals surface area contributed by atoms with Gasteiger partial charge < -0.3 is 5.10 Å². The molecule has 1 aromatic carbocycles. The molecule has 0 aliphatic carbocycles. The van der Waals surface area contributed by atoms with Gasteiger partial charge in [0.05, 0.1) is 16.6 Å². The van der Waals surface area contributed by atoms with Gasteiger partial charge in [0.25, 0.3) is 0 Å². The number of carbonyl (C=O) groups is 1. The van der Waals surface area contributed by atoms with Gasteiger partial charge in [-0.1, -0.05) is 0 Å². The molecular weight excluding hydrogens is 192 g/mol. The molecule has 0 saturated heterocycles. The van der Waals surface area contributed by atoms with Crippen LogP contribution in [0, 0.1) is 6.92 Å². The van der Waals surface area contributed by atoms with E-state index in [9.17, 15) is 4.79 Å². The third kappa shape index (κ3) is 1.06. The average Bonchev–Trinajstić information content (AvgIpc) is 2.75. The van der Waals surface area contributed by atoms with Crippen LogP contribution >= 0.6 is 0 Å².